The molecular weight excluding hydrogens is 272 g/mol. The second kappa shape index (κ2) is 5.42. The van der Waals surface area contributed by atoms with E-state index >= 15 is 0 Å². The van der Waals surface area contributed by atoms with E-state index in [9.17, 15) is 4.79 Å². The molecular formula is C15H18N2O2S. The number of ether oxygens (including phenoxy) is 1. The summed E-state index contributed by atoms with van der Waals surface area (Å²) in [5.74, 6) is 0.410. The molecule has 20 heavy (non-hydrogen) atoms. The molecule has 3 rings (SSSR count). The normalized spacial score (nSPS) is 22.2. The van der Waals surface area contributed by atoms with Crippen LogP contribution in [0.4, 0.5) is 5.69 Å². The van der Waals surface area contributed by atoms with Gasteiger partial charge in [0.2, 0.25) is 0 Å². The molecule has 2 atom stereocenters. The predicted molar refractivity (Wildman–Crippen MR) is 82.1 cm³/mol. The number of nitrogens with one attached hydrogen (secondary N) is 1. The second-order valence-corrected chi connectivity index (χ2v) is 6.33. The molecule has 1 saturated heterocycles. The maximum absolute atomic E-state index is 12.2. The van der Waals surface area contributed by atoms with Crippen molar-refractivity contribution in [1.82, 2.24) is 5.32 Å². The molecule has 2 unspecified atom stereocenters. The Labute approximate surface area is 121 Å². The quantitative estimate of drug-likeness (QED) is 0.854. The van der Waals surface area contributed by atoms with Crippen LogP contribution in [0.3, 0.4) is 0 Å². The number of hydrogen-bond acceptors (Lipinski definition) is 4. The molecule has 1 aromatic heterocycles. The van der Waals surface area contributed by atoms with Crippen LogP contribution in [0, 0.1) is 5.92 Å². The van der Waals surface area contributed by atoms with Crippen LogP contribution in [0.5, 0.6) is 0 Å². The zero-order valence-electron chi connectivity index (χ0n) is 11.4. The Morgan fingerprint density at radius 1 is 1.50 bits per heavy atom. The molecule has 1 aromatic carbocycles. The first-order valence-electron chi connectivity index (χ1n) is 6.82. The van der Waals surface area contributed by atoms with Gasteiger partial charge in [0.1, 0.15) is 0 Å². The number of nitrogens with two attached hydrogens (primary N) is 1. The van der Waals surface area contributed by atoms with Gasteiger partial charge in [-0.15, -0.1) is 11.3 Å². The molecule has 1 aliphatic heterocycles. The summed E-state index contributed by atoms with van der Waals surface area (Å²) >= 11 is 1.50. The highest BCUT2D eigenvalue weighted by Crippen LogP contribution is 2.27. The Morgan fingerprint density at radius 3 is 3.10 bits per heavy atom. The van der Waals surface area contributed by atoms with E-state index in [-0.39, 0.29) is 12.0 Å². The second-order valence-electron chi connectivity index (χ2n) is 5.24. The minimum Gasteiger partial charge on any atom is -0.399 e. The van der Waals surface area contributed by atoms with Crippen LogP contribution in [-0.4, -0.2) is 25.2 Å². The summed E-state index contributed by atoms with van der Waals surface area (Å²) in [5, 5.41) is 4.03. The topological polar surface area (TPSA) is 64.3 Å². The standard InChI is InChI=1S/C15H18N2O2S/c1-9-10(4-5-19-9)8-17-15(18)14-7-11-6-12(16)2-3-13(11)20-14/h2-3,6-7,9-10H,4-5,8,16H2,1H3,(H,17,18). The summed E-state index contributed by atoms with van der Waals surface area (Å²) in [6.45, 7) is 3.53. The summed E-state index contributed by atoms with van der Waals surface area (Å²) < 4.78 is 6.59. The third-order valence-electron chi connectivity index (χ3n) is 3.82. The van der Waals surface area contributed by atoms with E-state index in [2.05, 4.69) is 12.2 Å². The maximum Gasteiger partial charge on any atom is 0.261 e. The van der Waals surface area contributed by atoms with Gasteiger partial charge < -0.3 is 15.8 Å². The molecule has 0 bridgehead atoms. The van der Waals surface area contributed by atoms with Crippen LogP contribution < -0.4 is 11.1 Å². The van der Waals surface area contributed by atoms with Gasteiger partial charge in [-0.3, -0.25) is 4.79 Å². The summed E-state index contributed by atoms with van der Waals surface area (Å²) in [4.78, 5) is 12.9. The van der Waals surface area contributed by atoms with E-state index < -0.39 is 0 Å². The highest BCUT2D eigenvalue weighted by molar-refractivity contribution is 7.20. The van der Waals surface area contributed by atoms with Gasteiger partial charge in [-0.05, 0) is 43.0 Å². The van der Waals surface area contributed by atoms with Crippen molar-refractivity contribution in [2.24, 2.45) is 5.92 Å². The van der Waals surface area contributed by atoms with Crippen LogP contribution in [0.25, 0.3) is 10.1 Å². The average Bonchev–Trinajstić information content (AvgIpc) is 3.01. The summed E-state index contributed by atoms with van der Waals surface area (Å²) in [6, 6.07) is 7.62. The van der Waals surface area contributed by atoms with Crippen molar-refractivity contribution in [2.75, 3.05) is 18.9 Å². The van der Waals surface area contributed by atoms with Crippen molar-refractivity contribution in [3.63, 3.8) is 0 Å². The van der Waals surface area contributed by atoms with Gasteiger partial charge in [-0.2, -0.15) is 0 Å². The Morgan fingerprint density at radius 2 is 2.35 bits per heavy atom. The number of rotatable bonds is 3. The molecule has 106 valence electrons. The van der Waals surface area contributed by atoms with Crippen LogP contribution in [0.1, 0.15) is 23.0 Å². The molecule has 2 aromatic rings. The number of nitrogen functional groups attached to an aromatic ring is 1. The van der Waals surface area contributed by atoms with Gasteiger partial charge in [-0.25, -0.2) is 0 Å². The number of anilines is 1. The number of fused-ring (bicyclic) bond motifs is 1. The molecule has 0 aliphatic carbocycles. The lowest BCUT2D eigenvalue weighted by atomic mass is 10.0. The third kappa shape index (κ3) is 2.64. The van der Waals surface area contributed by atoms with E-state index in [0.717, 1.165) is 33.7 Å². The fraction of sp³-hybridized carbons (Fsp3) is 0.400. The first-order valence-corrected chi connectivity index (χ1v) is 7.64. The molecule has 0 spiro atoms. The molecule has 2 heterocycles. The molecule has 1 aliphatic rings. The van der Waals surface area contributed by atoms with Crippen LogP contribution in [0.15, 0.2) is 24.3 Å². The van der Waals surface area contributed by atoms with Gasteiger partial charge in [0.25, 0.3) is 5.91 Å². The molecule has 0 saturated carbocycles. The van der Waals surface area contributed by atoms with E-state index in [0.29, 0.717) is 12.5 Å². The van der Waals surface area contributed by atoms with E-state index in [4.69, 9.17) is 10.5 Å². The van der Waals surface area contributed by atoms with Gasteiger partial charge in [0.05, 0.1) is 11.0 Å². The zero-order valence-corrected chi connectivity index (χ0v) is 12.2. The number of amides is 1. The van der Waals surface area contributed by atoms with Crippen LogP contribution in [-0.2, 0) is 4.74 Å². The average molecular weight is 290 g/mol. The van der Waals surface area contributed by atoms with Gasteiger partial charge in [-0.1, -0.05) is 0 Å². The number of benzene rings is 1. The predicted octanol–water partition coefficient (Wildman–Crippen LogP) is 2.64. The maximum atomic E-state index is 12.2. The molecule has 0 radical (unpaired) electrons. The lowest BCUT2D eigenvalue weighted by Gasteiger charge is -2.14. The van der Waals surface area contributed by atoms with E-state index in [1.54, 1.807) is 0 Å². The number of carbonyl (C=O) groups excluding carboxylic acids is 1. The molecule has 5 heteroatoms. The first kappa shape index (κ1) is 13.4. The number of carbonyl (C=O) groups is 1. The fourth-order valence-corrected chi connectivity index (χ4v) is 3.49. The van der Waals surface area contributed by atoms with Crippen molar-refractivity contribution >= 4 is 33.0 Å². The highest BCUT2D eigenvalue weighted by Gasteiger charge is 2.24. The zero-order chi connectivity index (χ0) is 14.1. The monoisotopic (exact) mass is 290 g/mol. The number of thiophene rings is 1. The highest BCUT2D eigenvalue weighted by atomic mass is 32.1. The lowest BCUT2D eigenvalue weighted by molar-refractivity contribution is 0.0911. The minimum atomic E-state index is -0.0103. The Balaban J connectivity index is 1.69. The summed E-state index contributed by atoms with van der Waals surface area (Å²) in [6.07, 6.45) is 1.25. The third-order valence-corrected chi connectivity index (χ3v) is 4.94. The molecule has 1 amide bonds. The Kier molecular flexibility index (Phi) is 3.63. The van der Waals surface area contributed by atoms with Crippen molar-refractivity contribution in [2.45, 2.75) is 19.4 Å². The molecule has 3 N–H and O–H groups in total. The summed E-state index contributed by atoms with van der Waals surface area (Å²) in [5.41, 5.74) is 6.48. The SMILES string of the molecule is CC1OCCC1CNC(=O)c1cc2cc(N)ccc2s1. The van der Waals surface area contributed by atoms with Crippen molar-refractivity contribution in [1.29, 1.82) is 0 Å². The van der Waals surface area contributed by atoms with Crippen molar-refractivity contribution < 1.29 is 9.53 Å². The Hall–Kier alpha value is -1.59. The van der Waals surface area contributed by atoms with E-state index in [1.165, 1.54) is 11.3 Å². The van der Waals surface area contributed by atoms with Crippen molar-refractivity contribution in [3.05, 3.63) is 29.1 Å². The number of hydrogen-bond donors (Lipinski definition) is 2. The Bertz CT molecular complexity index is 638. The molecule has 1 fully saturated rings. The largest absolute Gasteiger partial charge is 0.399 e. The van der Waals surface area contributed by atoms with Gasteiger partial charge >= 0.3 is 0 Å². The minimum absolute atomic E-state index is 0.0103. The first-order chi connectivity index (χ1) is 9.63. The summed E-state index contributed by atoms with van der Waals surface area (Å²) in [7, 11) is 0. The molecule has 4 nitrogen and oxygen atoms in total. The van der Waals surface area contributed by atoms with Crippen LogP contribution >= 0.6 is 11.3 Å². The van der Waals surface area contributed by atoms with Crippen LogP contribution in [0.2, 0.25) is 0 Å². The lowest BCUT2D eigenvalue weighted by Crippen LogP contribution is -2.31. The van der Waals surface area contributed by atoms with Gasteiger partial charge in [0.15, 0.2) is 0 Å². The van der Waals surface area contributed by atoms with E-state index in [1.807, 2.05) is 24.3 Å². The fourth-order valence-electron chi connectivity index (χ4n) is 2.53. The smallest absolute Gasteiger partial charge is 0.261 e. The van der Waals surface area contributed by atoms with Crippen molar-refractivity contribution in [3.8, 4) is 0 Å². The van der Waals surface area contributed by atoms with Gasteiger partial charge in [0, 0.05) is 29.5 Å².